The summed E-state index contributed by atoms with van der Waals surface area (Å²) in [5.74, 6) is -0.988. The van der Waals surface area contributed by atoms with E-state index in [0.717, 1.165) is 11.7 Å². The zero-order valence-electron chi connectivity index (χ0n) is 7.81. The summed E-state index contributed by atoms with van der Waals surface area (Å²) in [4.78, 5) is 21.5. The molecule has 2 rings (SSSR count). The number of benzene rings is 2. The molecule has 0 amide bonds. The average molecular weight is 200 g/mol. The predicted molar refractivity (Wildman–Crippen MR) is 56.3 cm³/mol. The molecule has 2 aromatic rings. The van der Waals surface area contributed by atoms with Crippen molar-refractivity contribution < 1.29 is 14.7 Å². The minimum absolute atomic E-state index is 0.191. The zero-order valence-corrected chi connectivity index (χ0v) is 7.81. The van der Waals surface area contributed by atoms with Crippen molar-refractivity contribution >= 4 is 23.0 Å². The average Bonchev–Trinajstić information content (AvgIpc) is 2.27. The largest absolute Gasteiger partial charge is 0.478 e. The van der Waals surface area contributed by atoms with Crippen molar-refractivity contribution in [2.45, 2.75) is 0 Å². The Bertz CT molecular complexity index is 544. The van der Waals surface area contributed by atoms with E-state index < -0.39 is 5.97 Å². The lowest BCUT2D eigenvalue weighted by Gasteiger charge is -2.01. The predicted octanol–water partition coefficient (Wildman–Crippen LogP) is 2.35. The molecule has 3 nitrogen and oxygen atoms in total. The van der Waals surface area contributed by atoms with Gasteiger partial charge in [0.05, 0.1) is 5.56 Å². The quantitative estimate of drug-likeness (QED) is 0.757. The highest BCUT2D eigenvalue weighted by molar-refractivity contribution is 6.01. The van der Waals surface area contributed by atoms with Crippen LogP contribution >= 0.6 is 0 Å². The second-order valence-corrected chi connectivity index (χ2v) is 3.21. The van der Waals surface area contributed by atoms with Crippen LogP contribution in [0, 0.1) is 0 Å². The van der Waals surface area contributed by atoms with Crippen LogP contribution in [0.3, 0.4) is 0 Å². The van der Waals surface area contributed by atoms with Gasteiger partial charge in [-0.2, -0.15) is 0 Å². The number of rotatable bonds is 2. The number of fused-ring (bicyclic) bond motifs is 1. The highest BCUT2D eigenvalue weighted by Crippen LogP contribution is 2.19. The third-order valence-electron chi connectivity index (χ3n) is 2.29. The summed E-state index contributed by atoms with van der Waals surface area (Å²) in [7, 11) is 0. The molecule has 15 heavy (non-hydrogen) atoms. The van der Waals surface area contributed by atoms with Crippen LogP contribution in [0.5, 0.6) is 0 Å². The summed E-state index contributed by atoms with van der Waals surface area (Å²) < 4.78 is 0. The van der Waals surface area contributed by atoms with Gasteiger partial charge in [-0.05, 0) is 22.9 Å². The van der Waals surface area contributed by atoms with Gasteiger partial charge in [0.1, 0.15) is 0 Å². The van der Waals surface area contributed by atoms with Gasteiger partial charge in [-0.25, -0.2) is 4.79 Å². The number of carboxylic acid groups (broad SMARTS) is 1. The molecule has 0 bridgehead atoms. The second-order valence-electron chi connectivity index (χ2n) is 3.21. The number of carbonyl (C=O) groups is 2. The molecule has 0 aromatic heterocycles. The van der Waals surface area contributed by atoms with Crippen LogP contribution in [-0.2, 0) is 0 Å². The maximum absolute atomic E-state index is 10.8. The molecule has 0 aliphatic heterocycles. The Morgan fingerprint density at radius 1 is 1.20 bits per heavy atom. The van der Waals surface area contributed by atoms with E-state index in [1.165, 1.54) is 12.1 Å². The van der Waals surface area contributed by atoms with E-state index in [0.29, 0.717) is 10.9 Å². The highest BCUT2D eigenvalue weighted by atomic mass is 16.4. The van der Waals surface area contributed by atoms with Gasteiger partial charge < -0.3 is 5.11 Å². The lowest BCUT2D eigenvalue weighted by molar-refractivity contribution is 0.0697. The monoisotopic (exact) mass is 200 g/mol. The number of hydrogen-bond donors (Lipinski definition) is 1. The van der Waals surface area contributed by atoms with E-state index in [1.54, 1.807) is 18.2 Å². The van der Waals surface area contributed by atoms with Gasteiger partial charge in [0.2, 0.25) is 0 Å². The van der Waals surface area contributed by atoms with Crippen molar-refractivity contribution in [1.29, 1.82) is 0 Å². The molecular formula is C12H8O3. The molecule has 0 fully saturated rings. The Morgan fingerprint density at radius 2 is 2.00 bits per heavy atom. The van der Waals surface area contributed by atoms with Gasteiger partial charge in [0.25, 0.3) is 0 Å². The molecule has 3 heteroatoms. The van der Waals surface area contributed by atoms with Crippen LogP contribution in [0.1, 0.15) is 20.7 Å². The van der Waals surface area contributed by atoms with Gasteiger partial charge in [-0.1, -0.05) is 24.3 Å². The molecule has 0 saturated heterocycles. The molecule has 0 unspecified atom stereocenters. The Morgan fingerprint density at radius 3 is 2.67 bits per heavy atom. The van der Waals surface area contributed by atoms with Crippen LogP contribution < -0.4 is 0 Å². The summed E-state index contributed by atoms with van der Waals surface area (Å²) in [6, 6.07) is 10.0. The summed E-state index contributed by atoms with van der Waals surface area (Å²) in [6.07, 6.45) is 0.730. The van der Waals surface area contributed by atoms with Crippen LogP contribution in [0.15, 0.2) is 36.4 Å². The fraction of sp³-hybridized carbons (Fsp3) is 0. The maximum atomic E-state index is 10.8. The standard InChI is InChI=1S/C12H8O3/c13-7-10-3-1-2-8-4-5-9(12(14)15)6-11(8)10/h1-7H,(H,14,15). The molecule has 0 radical (unpaired) electrons. The Labute approximate surface area is 86.0 Å². The Hall–Kier alpha value is -2.16. The summed E-state index contributed by atoms with van der Waals surface area (Å²) in [5.41, 5.74) is 0.701. The third kappa shape index (κ3) is 1.59. The van der Waals surface area contributed by atoms with Gasteiger partial charge in [-0.15, -0.1) is 0 Å². The number of aromatic carboxylic acids is 1. The van der Waals surface area contributed by atoms with E-state index in [1.807, 2.05) is 6.07 Å². The van der Waals surface area contributed by atoms with Crippen molar-refractivity contribution in [2.75, 3.05) is 0 Å². The van der Waals surface area contributed by atoms with E-state index in [9.17, 15) is 9.59 Å². The van der Waals surface area contributed by atoms with Crippen molar-refractivity contribution in [3.63, 3.8) is 0 Å². The van der Waals surface area contributed by atoms with Crippen molar-refractivity contribution in [2.24, 2.45) is 0 Å². The van der Waals surface area contributed by atoms with Crippen LogP contribution in [-0.4, -0.2) is 17.4 Å². The zero-order chi connectivity index (χ0) is 10.8. The fourth-order valence-corrected chi connectivity index (χ4v) is 1.53. The molecule has 0 aliphatic carbocycles. The van der Waals surface area contributed by atoms with Crippen LogP contribution in [0.4, 0.5) is 0 Å². The maximum Gasteiger partial charge on any atom is 0.335 e. The number of hydrogen-bond acceptors (Lipinski definition) is 2. The highest BCUT2D eigenvalue weighted by Gasteiger charge is 2.05. The lowest BCUT2D eigenvalue weighted by atomic mass is 10.0. The smallest absolute Gasteiger partial charge is 0.335 e. The van der Waals surface area contributed by atoms with Crippen molar-refractivity contribution in [1.82, 2.24) is 0 Å². The fourth-order valence-electron chi connectivity index (χ4n) is 1.53. The molecule has 74 valence electrons. The molecule has 2 aromatic carbocycles. The van der Waals surface area contributed by atoms with Crippen molar-refractivity contribution in [3.8, 4) is 0 Å². The minimum Gasteiger partial charge on any atom is -0.478 e. The molecule has 1 N–H and O–H groups in total. The first-order chi connectivity index (χ1) is 7.22. The van der Waals surface area contributed by atoms with Gasteiger partial charge >= 0.3 is 5.97 Å². The molecule has 0 atom stereocenters. The molecule has 0 heterocycles. The normalized spacial score (nSPS) is 10.1. The first-order valence-corrected chi connectivity index (χ1v) is 4.43. The van der Waals surface area contributed by atoms with E-state index in [-0.39, 0.29) is 5.56 Å². The summed E-state index contributed by atoms with van der Waals surface area (Å²) in [5, 5.41) is 10.4. The van der Waals surface area contributed by atoms with E-state index in [2.05, 4.69) is 0 Å². The second kappa shape index (κ2) is 3.53. The SMILES string of the molecule is O=Cc1cccc2ccc(C(=O)O)cc12. The first-order valence-electron chi connectivity index (χ1n) is 4.43. The van der Waals surface area contributed by atoms with Crippen LogP contribution in [0.25, 0.3) is 10.8 Å². The lowest BCUT2D eigenvalue weighted by Crippen LogP contribution is -1.96. The summed E-state index contributed by atoms with van der Waals surface area (Å²) >= 11 is 0. The van der Waals surface area contributed by atoms with E-state index >= 15 is 0 Å². The molecule has 0 spiro atoms. The van der Waals surface area contributed by atoms with E-state index in [4.69, 9.17) is 5.11 Å². The Kier molecular flexibility index (Phi) is 2.21. The summed E-state index contributed by atoms with van der Waals surface area (Å²) in [6.45, 7) is 0. The third-order valence-corrected chi connectivity index (χ3v) is 2.29. The number of carbonyl (C=O) groups excluding carboxylic acids is 1. The topological polar surface area (TPSA) is 54.4 Å². The van der Waals surface area contributed by atoms with Gasteiger partial charge in [-0.3, -0.25) is 4.79 Å². The molecule has 0 saturated carbocycles. The Balaban J connectivity index is 2.78. The first kappa shape index (κ1) is 9.40. The minimum atomic E-state index is -0.988. The van der Waals surface area contributed by atoms with Crippen molar-refractivity contribution in [3.05, 3.63) is 47.5 Å². The van der Waals surface area contributed by atoms with Gasteiger partial charge in [0.15, 0.2) is 6.29 Å². The van der Waals surface area contributed by atoms with Crippen LogP contribution in [0.2, 0.25) is 0 Å². The number of carboxylic acids is 1. The molecule has 0 aliphatic rings. The molecular weight excluding hydrogens is 192 g/mol. The van der Waals surface area contributed by atoms with Gasteiger partial charge in [0, 0.05) is 5.56 Å². The number of aldehydes is 1.